The Bertz CT molecular complexity index is 2150. The minimum absolute atomic E-state index is 0.00152. The monoisotopic (exact) mass is 775 g/mol. The number of benzene rings is 4. The largest absolute Gasteiger partial charge is 0.453 e. The van der Waals surface area contributed by atoms with E-state index in [1.54, 1.807) is 29.3 Å². The van der Waals surface area contributed by atoms with Crippen LogP contribution in [0.2, 0.25) is 5.04 Å². The number of hydroxylamine groups is 2. The first-order valence-electron chi connectivity index (χ1n) is 19.0. The standard InChI is InChI=1S/C44H49N3O8Si/c1-43(2,3)56(33-22-14-8-15-23-33,34-24-16-9-17-25-34)51-30-36(52-41(49)32-20-12-7-13-21-32)40-39(53-44(4,5)54-40)35-28-38(46-27-26-37(48)45-42(46)50)55-47(35)29-31-18-10-6-11-19-31/h6-27,35-36,38-40H,28-30H2,1-5H3,(H,45,48,50)/t35-,36+,38+,39-,40-/m0/s1. The summed E-state index contributed by atoms with van der Waals surface area (Å²) in [6.07, 6.45) is -1.51. The molecule has 2 fully saturated rings. The third-order valence-electron chi connectivity index (χ3n) is 10.5. The molecule has 2 aliphatic heterocycles. The highest BCUT2D eigenvalue weighted by Gasteiger charge is 2.56. The van der Waals surface area contributed by atoms with Crippen LogP contribution in [0.1, 0.15) is 63.2 Å². The van der Waals surface area contributed by atoms with Gasteiger partial charge in [-0.15, -0.1) is 0 Å². The Hall–Kier alpha value is -4.95. The predicted octanol–water partition coefficient (Wildman–Crippen LogP) is 5.56. The Morgan fingerprint density at radius 2 is 1.41 bits per heavy atom. The molecule has 2 saturated heterocycles. The number of hydrogen-bond donors (Lipinski definition) is 1. The summed E-state index contributed by atoms with van der Waals surface area (Å²) < 4.78 is 28.8. The Labute approximate surface area is 327 Å². The molecule has 1 N–H and O–H groups in total. The lowest BCUT2D eigenvalue weighted by Gasteiger charge is -2.44. The van der Waals surface area contributed by atoms with E-state index in [-0.39, 0.29) is 11.6 Å². The van der Waals surface area contributed by atoms with E-state index >= 15 is 0 Å². The minimum Gasteiger partial charge on any atom is -0.453 e. The topological polar surface area (TPSA) is 121 Å². The number of H-pyrrole nitrogens is 1. The number of esters is 1. The molecule has 2 aliphatic rings. The molecular formula is C44H49N3O8Si. The van der Waals surface area contributed by atoms with Gasteiger partial charge in [-0.2, -0.15) is 5.06 Å². The van der Waals surface area contributed by atoms with Crippen LogP contribution in [-0.4, -0.2) is 65.6 Å². The molecular weight excluding hydrogens is 727 g/mol. The first-order chi connectivity index (χ1) is 26.8. The zero-order valence-electron chi connectivity index (χ0n) is 32.4. The van der Waals surface area contributed by atoms with Gasteiger partial charge in [-0.3, -0.25) is 19.2 Å². The van der Waals surface area contributed by atoms with Gasteiger partial charge in [0.05, 0.1) is 18.2 Å². The van der Waals surface area contributed by atoms with Crippen LogP contribution in [0.15, 0.2) is 143 Å². The zero-order valence-corrected chi connectivity index (χ0v) is 33.4. The lowest BCUT2D eigenvalue weighted by molar-refractivity contribution is -0.209. The third-order valence-corrected chi connectivity index (χ3v) is 15.5. The summed E-state index contributed by atoms with van der Waals surface area (Å²) >= 11 is 0. The van der Waals surface area contributed by atoms with Gasteiger partial charge >= 0.3 is 11.7 Å². The molecule has 0 unspecified atom stereocenters. The number of carbonyl (C=O) groups is 1. The van der Waals surface area contributed by atoms with Gasteiger partial charge in [0.2, 0.25) is 0 Å². The van der Waals surface area contributed by atoms with E-state index in [2.05, 4.69) is 50.0 Å². The van der Waals surface area contributed by atoms with Crippen molar-refractivity contribution < 1.29 is 28.3 Å². The molecule has 56 heavy (non-hydrogen) atoms. The van der Waals surface area contributed by atoms with Crippen molar-refractivity contribution in [1.82, 2.24) is 14.6 Å². The van der Waals surface area contributed by atoms with Gasteiger partial charge in [0.25, 0.3) is 13.9 Å². The average molecular weight is 776 g/mol. The number of carbonyl (C=O) groups excluding carboxylic acids is 1. The van der Waals surface area contributed by atoms with Gasteiger partial charge in [-0.25, -0.2) is 9.59 Å². The summed E-state index contributed by atoms with van der Waals surface area (Å²) in [7, 11) is -3.10. The number of nitrogens with one attached hydrogen (secondary N) is 1. The van der Waals surface area contributed by atoms with E-state index in [9.17, 15) is 14.4 Å². The van der Waals surface area contributed by atoms with Gasteiger partial charge in [0.1, 0.15) is 12.2 Å². The van der Waals surface area contributed by atoms with E-state index in [4.69, 9.17) is 23.5 Å². The molecule has 3 heterocycles. The summed E-state index contributed by atoms with van der Waals surface area (Å²) in [5, 5.41) is 3.62. The van der Waals surface area contributed by atoms with Crippen molar-refractivity contribution in [2.24, 2.45) is 0 Å². The molecule has 7 rings (SSSR count). The summed E-state index contributed by atoms with van der Waals surface area (Å²) in [5.74, 6) is -1.61. The SMILES string of the molecule is CC1(C)O[C@@H]([C@@H](CO[Si](c2ccccc2)(c2ccccc2)C(C)(C)C)OC(=O)c2ccccc2)[C@H]([C@@H]2C[C@H](n3ccc(=O)[nH]c3=O)ON2Cc2ccccc2)O1. The molecule has 0 spiro atoms. The predicted molar refractivity (Wildman–Crippen MR) is 215 cm³/mol. The van der Waals surface area contributed by atoms with Crippen LogP contribution < -0.4 is 21.6 Å². The van der Waals surface area contributed by atoms with Crippen molar-refractivity contribution >= 4 is 24.7 Å². The Balaban J connectivity index is 1.30. The second kappa shape index (κ2) is 16.3. The van der Waals surface area contributed by atoms with Crippen LogP contribution in [0, 0.1) is 0 Å². The molecule has 5 atom stereocenters. The maximum Gasteiger partial charge on any atom is 0.338 e. The summed E-state index contributed by atoms with van der Waals surface area (Å²) in [4.78, 5) is 47.9. The molecule has 0 bridgehead atoms. The van der Waals surface area contributed by atoms with Crippen molar-refractivity contribution in [3.8, 4) is 0 Å². The van der Waals surface area contributed by atoms with Crippen LogP contribution in [-0.2, 0) is 30.0 Å². The third kappa shape index (κ3) is 8.26. The fourth-order valence-corrected chi connectivity index (χ4v) is 12.6. The van der Waals surface area contributed by atoms with Crippen molar-refractivity contribution in [3.63, 3.8) is 0 Å². The fraction of sp³-hybridized carbons (Fsp3) is 0.341. The number of nitrogens with zero attached hydrogens (tertiary/aromatic N) is 2. The van der Waals surface area contributed by atoms with Crippen LogP contribution >= 0.6 is 0 Å². The van der Waals surface area contributed by atoms with Crippen LogP contribution in [0.4, 0.5) is 0 Å². The average Bonchev–Trinajstić information content (AvgIpc) is 3.74. The normalized spacial score (nSPS) is 21.8. The van der Waals surface area contributed by atoms with Crippen molar-refractivity contribution in [2.75, 3.05) is 6.61 Å². The minimum atomic E-state index is -3.10. The van der Waals surface area contributed by atoms with Crippen LogP contribution in [0.3, 0.4) is 0 Å². The molecule has 0 amide bonds. The Kier molecular flexibility index (Phi) is 11.4. The van der Waals surface area contributed by atoms with Crippen LogP contribution in [0.5, 0.6) is 0 Å². The van der Waals surface area contributed by atoms with E-state index in [1.165, 1.54) is 16.8 Å². The van der Waals surface area contributed by atoms with Gasteiger partial charge < -0.3 is 18.6 Å². The fourth-order valence-electron chi connectivity index (χ4n) is 7.98. The van der Waals surface area contributed by atoms with Gasteiger partial charge in [-0.05, 0) is 47.0 Å². The number of rotatable bonds is 12. The number of ether oxygens (including phenoxy) is 3. The molecule has 5 aromatic rings. The molecule has 1 aromatic heterocycles. The second-order valence-corrected chi connectivity index (χ2v) is 20.1. The van der Waals surface area contributed by atoms with Crippen molar-refractivity contribution in [3.05, 3.63) is 166 Å². The van der Waals surface area contributed by atoms with E-state index < -0.39 is 61.9 Å². The molecule has 4 aromatic carbocycles. The quantitative estimate of drug-likeness (QED) is 0.128. The number of aromatic amines is 1. The molecule has 0 aliphatic carbocycles. The highest BCUT2D eigenvalue weighted by molar-refractivity contribution is 6.99. The molecule has 292 valence electrons. The maximum atomic E-state index is 14.0. The Morgan fingerprint density at radius 1 is 0.839 bits per heavy atom. The summed E-state index contributed by atoms with van der Waals surface area (Å²) in [5.41, 5.74) is 0.283. The maximum absolute atomic E-state index is 14.0. The zero-order chi connectivity index (χ0) is 39.5. The molecule has 12 heteroatoms. The molecule has 11 nitrogen and oxygen atoms in total. The number of hydrogen-bond acceptors (Lipinski definition) is 9. The van der Waals surface area contributed by atoms with Crippen LogP contribution in [0.25, 0.3) is 0 Å². The lowest BCUT2D eigenvalue weighted by Crippen LogP contribution is -2.67. The van der Waals surface area contributed by atoms with Crippen molar-refractivity contribution in [1.29, 1.82) is 0 Å². The lowest BCUT2D eigenvalue weighted by atomic mass is 9.98. The first kappa shape index (κ1) is 39.3. The van der Waals surface area contributed by atoms with E-state index in [0.717, 1.165) is 15.9 Å². The summed E-state index contributed by atoms with van der Waals surface area (Å²) in [6, 6.07) is 40.1. The van der Waals surface area contributed by atoms with E-state index in [1.807, 2.05) is 86.6 Å². The smallest absolute Gasteiger partial charge is 0.338 e. The van der Waals surface area contributed by atoms with Gasteiger partial charge in [0, 0.05) is 25.2 Å². The first-order valence-corrected chi connectivity index (χ1v) is 20.9. The van der Waals surface area contributed by atoms with Crippen molar-refractivity contribution in [2.45, 2.75) is 89.0 Å². The Morgan fingerprint density at radius 3 is 1.98 bits per heavy atom. The highest BCUT2D eigenvalue weighted by atomic mass is 28.4. The second-order valence-electron chi connectivity index (χ2n) is 15.8. The van der Waals surface area contributed by atoms with Gasteiger partial charge in [0.15, 0.2) is 18.1 Å². The molecule has 0 radical (unpaired) electrons. The highest BCUT2D eigenvalue weighted by Crippen LogP contribution is 2.42. The molecule has 0 saturated carbocycles. The number of aromatic nitrogens is 2. The van der Waals surface area contributed by atoms with Gasteiger partial charge in [-0.1, -0.05) is 130 Å². The van der Waals surface area contributed by atoms with E-state index in [0.29, 0.717) is 18.5 Å². The summed E-state index contributed by atoms with van der Waals surface area (Å²) in [6.45, 7) is 10.6.